The van der Waals surface area contributed by atoms with Crippen molar-refractivity contribution in [3.63, 3.8) is 0 Å². The first-order valence-corrected chi connectivity index (χ1v) is 9.79. The van der Waals surface area contributed by atoms with E-state index in [4.69, 9.17) is 0 Å². The molecule has 2 N–H and O–H groups in total. The highest BCUT2D eigenvalue weighted by atomic mass is 16.2. The highest BCUT2D eigenvalue weighted by molar-refractivity contribution is 6.07. The third-order valence-electron chi connectivity index (χ3n) is 6.12. The van der Waals surface area contributed by atoms with E-state index in [-0.39, 0.29) is 11.9 Å². The Labute approximate surface area is 168 Å². The van der Waals surface area contributed by atoms with Crippen LogP contribution in [0.15, 0.2) is 54.7 Å². The van der Waals surface area contributed by atoms with Gasteiger partial charge in [-0.25, -0.2) is 4.79 Å². The SMILES string of the molecule is CN1C(=O)NC(=O)C12Cc1cc3cc(CNCc4ccccc4)cnc3cc1C2. The largest absolute Gasteiger partial charge is 0.324 e. The van der Waals surface area contributed by atoms with Crippen LogP contribution in [0.4, 0.5) is 4.79 Å². The zero-order valence-corrected chi connectivity index (χ0v) is 16.2. The summed E-state index contributed by atoms with van der Waals surface area (Å²) in [5, 5.41) is 6.96. The Hall–Kier alpha value is -3.25. The van der Waals surface area contributed by atoms with E-state index in [2.05, 4.69) is 45.9 Å². The van der Waals surface area contributed by atoms with E-state index in [9.17, 15) is 9.59 Å². The molecular formula is C23H22N4O2. The van der Waals surface area contributed by atoms with Crippen LogP contribution >= 0.6 is 0 Å². The number of fused-ring (bicyclic) bond motifs is 2. The number of aromatic nitrogens is 1. The summed E-state index contributed by atoms with van der Waals surface area (Å²) in [6, 6.07) is 16.3. The Morgan fingerprint density at radius 2 is 1.76 bits per heavy atom. The number of carbonyl (C=O) groups excluding carboxylic acids is 2. The Balaban J connectivity index is 1.37. The minimum Gasteiger partial charge on any atom is -0.312 e. The van der Waals surface area contributed by atoms with Crippen LogP contribution in [0.2, 0.25) is 0 Å². The second-order valence-electron chi connectivity index (χ2n) is 7.95. The quantitative estimate of drug-likeness (QED) is 0.676. The predicted octanol–water partition coefficient (Wildman–Crippen LogP) is 2.54. The molecule has 1 aliphatic carbocycles. The number of rotatable bonds is 4. The van der Waals surface area contributed by atoms with E-state index in [0.717, 1.165) is 40.7 Å². The van der Waals surface area contributed by atoms with E-state index >= 15 is 0 Å². The summed E-state index contributed by atoms with van der Waals surface area (Å²) in [6.07, 6.45) is 2.98. The van der Waals surface area contributed by atoms with Crippen LogP contribution in [0.3, 0.4) is 0 Å². The molecule has 0 saturated carbocycles. The first-order chi connectivity index (χ1) is 14.0. The molecule has 2 aliphatic rings. The van der Waals surface area contributed by atoms with Crippen molar-refractivity contribution in [2.45, 2.75) is 31.5 Å². The molecule has 2 aromatic carbocycles. The number of nitrogens with zero attached hydrogens (tertiary/aromatic N) is 2. The number of benzene rings is 2. The number of hydrogen-bond acceptors (Lipinski definition) is 4. The Morgan fingerprint density at radius 3 is 2.48 bits per heavy atom. The number of pyridine rings is 1. The van der Waals surface area contributed by atoms with Crippen molar-refractivity contribution in [2.24, 2.45) is 0 Å². The average molecular weight is 386 g/mol. The van der Waals surface area contributed by atoms with Gasteiger partial charge < -0.3 is 10.2 Å². The fourth-order valence-electron chi connectivity index (χ4n) is 4.42. The van der Waals surface area contributed by atoms with Crippen molar-refractivity contribution in [1.29, 1.82) is 0 Å². The molecule has 6 heteroatoms. The fraction of sp³-hybridized carbons (Fsp3) is 0.261. The summed E-state index contributed by atoms with van der Waals surface area (Å²) in [5.41, 5.74) is 4.70. The van der Waals surface area contributed by atoms with E-state index in [1.54, 1.807) is 11.9 Å². The lowest BCUT2D eigenvalue weighted by atomic mass is 9.95. The number of hydrogen-bond donors (Lipinski definition) is 2. The fourth-order valence-corrected chi connectivity index (χ4v) is 4.42. The number of nitrogens with one attached hydrogen (secondary N) is 2. The molecule has 1 aliphatic heterocycles. The third-order valence-corrected chi connectivity index (χ3v) is 6.12. The van der Waals surface area contributed by atoms with Crippen LogP contribution in [0.5, 0.6) is 0 Å². The topological polar surface area (TPSA) is 74.3 Å². The van der Waals surface area contributed by atoms with Crippen molar-refractivity contribution in [3.8, 4) is 0 Å². The summed E-state index contributed by atoms with van der Waals surface area (Å²) < 4.78 is 0. The van der Waals surface area contributed by atoms with Crippen LogP contribution in [-0.2, 0) is 30.7 Å². The standard InChI is InChI=1S/C23H22N4O2/c1-27-22(29)26-21(28)23(27)10-18-8-17-7-16(14-25-20(17)9-19(18)11-23)13-24-12-15-5-3-2-4-6-15/h2-9,14,24H,10-13H2,1H3,(H,26,28,29). The van der Waals surface area contributed by atoms with Gasteiger partial charge in [-0.1, -0.05) is 30.3 Å². The van der Waals surface area contributed by atoms with Crippen molar-refractivity contribution in [2.75, 3.05) is 7.05 Å². The van der Waals surface area contributed by atoms with Crippen LogP contribution in [0.1, 0.15) is 22.3 Å². The lowest BCUT2D eigenvalue weighted by Gasteiger charge is -2.27. The molecule has 146 valence electrons. The zero-order valence-electron chi connectivity index (χ0n) is 16.2. The summed E-state index contributed by atoms with van der Waals surface area (Å²) in [5.74, 6) is -0.205. The predicted molar refractivity (Wildman–Crippen MR) is 110 cm³/mol. The maximum atomic E-state index is 12.5. The minimum absolute atomic E-state index is 0.205. The van der Waals surface area contributed by atoms with E-state index in [1.165, 1.54) is 5.56 Å². The van der Waals surface area contributed by atoms with E-state index < -0.39 is 5.54 Å². The summed E-state index contributed by atoms with van der Waals surface area (Å²) in [7, 11) is 1.70. The molecule has 2 heterocycles. The molecule has 1 atom stereocenters. The summed E-state index contributed by atoms with van der Waals surface area (Å²) >= 11 is 0. The summed E-state index contributed by atoms with van der Waals surface area (Å²) in [4.78, 5) is 30.6. The molecule has 6 nitrogen and oxygen atoms in total. The second kappa shape index (κ2) is 6.67. The van der Waals surface area contributed by atoms with Crippen LogP contribution in [-0.4, -0.2) is 34.4 Å². The zero-order chi connectivity index (χ0) is 20.0. The molecule has 0 radical (unpaired) electrons. The van der Waals surface area contributed by atoms with Gasteiger partial charge in [0.2, 0.25) is 0 Å². The smallest absolute Gasteiger partial charge is 0.312 e. The van der Waals surface area contributed by atoms with Gasteiger partial charge in [0, 0.05) is 44.6 Å². The van der Waals surface area contributed by atoms with E-state index in [1.807, 2.05) is 24.4 Å². The summed E-state index contributed by atoms with van der Waals surface area (Å²) in [6.45, 7) is 1.54. The van der Waals surface area contributed by atoms with Crippen LogP contribution in [0.25, 0.3) is 10.9 Å². The van der Waals surface area contributed by atoms with Crippen LogP contribution < -0.4 is 10.6 Å². The number of urea groups is 1. The monoisotopic (exact) mass is 386 g/mol. The van der Waals surface area contributed by atoms with Gasteiger partial charge in [-0.3, -0.25) is 15.1 Å². The Morgan fingerprint density at radius 1 is 1.03 bits per heavy atom. The van der Waals surface area contributed by atoms with Gasteiger partial charge in [0.05, 0.1) is 5.52 Å². The lowest BCUT2D eigenvalue weighted by molar-refractivity contribution is -0.125. The molecule has 1 aromatic heterocycles. The first-order valence-electron chi connectivity index (χ1n) is 9.79. The number of carbonyl (C=O) groups is 2. The van der Waals surface area contributed by atoms with Gasteiger partial charge in [-0.2, -0.15) is 0 Å². The molecule has 5 rings (SSSR count). The maximum Gasteiger partial charge on any atom is 0.324 e. The third kappa shape index (κ3) is 2.96. The van der Waals surface area contributed by atoms with Gasteiger partial charge in [0.25, 0.3) is 5.91 Å². The molecular weight excluding hydrogens is 364 g/mol. The molecule has 3 amide bonds. The Bertz CT molecular complexity index is 1130. The first kappa shape index (κ1) is 17.8. The molecule has 1 saturated heterocycles. The lowest BCUT2D eigenvalue weighted by Crippen LogP contribution is -2.48. The molecule has 1 unspecified atom stereocenters. The number of imide groups is 1. The molecule has 1 fully saturated rings. The van der Waals surface area contributed by atoms with Gasteiger partial charge in [-0.15, -0.1) is 0 Å². The molecule has 29 heavy (non-hydrogen) atoms. The molecule has 1 spiro atoms. The normalized spacial score (nSPS) is 20.5. The Kier molecular flexibility index (Phi) is 4.10. The molecule has 3 aromatic rings. The maximum absolute atomic E-state index is 12.5. The van der Waals surface area contributed by atoms with Crippen LogP contribution in [0, 0.1) is 0 Å². The number of amides is 3. The van der Waals surface area contributed by atoms with Crippen molar-refractivity contribution in [1.82, 2.24) is 20.5 Å². The van der Waals surface area contributed by atoms with Crippen molar-refractivity contribution >= 4 is 22.8 Å². The van der Waals surface area contributed by atoms with Gasteiger partial charge in [0.15, 0.2) is 0 Å². The van der Waals surface area contributed by atoms with Crippen molar-refractivity contribution in [3.05, 3.63) is 77.0 Å². The van der Waals surface area contributed by atoms with Gasteiger partial charge in [-0.05, 0) is 40.5 Å². The highest BCUT2D eigenvalue weighted by Gasteiger charge is 2.54. The second-order valence-corrected chi connectivity index (χ2v) is 7.95. The number of likely N-dealkylation sites (N-methyl/N-ethyl adjacent to an activating group) is 1. The highest BCUT2D eigenvalue weighted by Crippen LogP contribution is 2.38. The minimum atomic E-state index is -0.795. The molecule has 0 bridgehead atoms. The van der Waals surface area contributed by atoms with E-state index in [0.29, 0.717) is 12.8 Å². The van der Waals surface area contributed by atoms with Crippen molar-refractivity contribution < 1.29 is 9.59 Å². The average Bonchev–Trinajstić information content (AvgIpc) is 3.20. The van der Waals surface area contributed by atoms with Gasteiger partial charge in [0.1, 0.15) is 5.54 Å². The van der Waals surface area contributed by atoms with Gasteiger partial charge >= 0.3 is 6.03 Å².